The quantitative estimate of drug-likeness (QED) is 0.311. The lowest BCUT2D eigenvalue weighted by Crippen LogP contribution is -2.44. The van der Waals surface area contributed by atoms with E-state index < -0.39 is 23.6 Å². The van der Waals surface area contributed by atoms with E-state index in [2.05, 4.69) is 25.3 Å². The van der Waals surface area contributed by atoms with Crippen molar-refractivity contribution in [3.8, 4) is 0 Å². The lowest BCUT2D eigenvalue weighted by molar-refractivity contribution is -0.123. The first kappa shape index (κ1) is 30.1. The van der Waals surface area contributed by atoms with Crippen LogP contribution in [0.3, 0.4) is 0 Å². The van der Waals surface area contributed by atoms with Crippen LogP contribution in [-0.2, 0) is 27.3 Å². The molecule has 0 radical (unpaired) electrons. The molecule has 0 aromatic carbocycles. The Morgan fingerprint density at radius 3 is 2.70 bits per heavy atom. The predicted octanol–water partition coefficient (Wildman–Crippen LogP) is 3.20. The van der Waals surface area contributed by atoms with Crippen molar-refractivity contribution < 1.29 is 23.5 Å². The van der Waals surface area contributed by atoms with Gasteiger partial charge in [-0.15, -0.1) is 0 Å². The molecule has 1 atom stereocenters. The lowest BCUT2D eigenvalue weighted by Gasteiger charge is -2.17. The van der Waals surface area contributed by atoms with Gasteiger partial charge in [-0.2, -0.15) is 0 Å². The van der Waals surface area contributed by atoms with Crippen molar-refractivity contribution in [1.29, 1.82) is 0 Å². The number of fused-ring (bicyclic) bond motifs is 1. The molecular weight excluding hydrogens is 519 g/mol. The Hall–Kier alpha value is -4.48. The molecule has 1 unspecified atom stereocenters. The van der Waals surface area contributed by atoms with Gasteiger partial charge < -0.3 is 29.8 Å². The standard InChI is InChI=1S/C28H35FN6O5/c1-17(2)13-19-20(29)15-30-23-14-18(31-25(19)23)16-35-12-8-10-22(27(35)38)32-26(37)21(33-28(39)40-5)9-6-7-11-24(36)34(3)4/h7-8,10-12,14-15,17,21,31H,6,9,13,16H2,1-5H3,(H,32,37)(H,33,39)/b11-7+. The fourth-order valence-corrected chi connectivity index (χ4v) is 4.07. The van der Waals surface area contributed by atoms with E-state index in [0.29, 0.717) is 35.1 Å². The van der Waals surface area contributed by atoms with Crippen molar-refractivity contribution in [2.24, 2.45) is 5.92 Å². The summed E-state index contributed by atoms with van der Waals surface area (Å²) in [5, 5.41) is 5.04. The van der Waals surface area contributed by atoms with Crippen molar-refractivity contribution in [2.45, 2.75) is 45.7 Å². The molecule has 0 bridgehead atoms. The fraction of sp³-hybridized carbons (Fsp3) is 0.393. The van der Waals surface area contributed by atoms with Crippen molar-refractivity contribution >= 4 is 34.6 Å². The summed E-state index contributed by atoms with van der Waals surface area (Å²) in [6.45, 7) is 4.14. The minimum absolute atomic E-state index is 0.0169. The van der Waals surface area contributed by atoms with Crippen LogP contribution < -0.4 is 16.2 Å². The molecule has 3 amide bonds. The average Bonchev–Trinajstić information content (AvgIpc) is 3.32. The van der Waals surface area contributed by atoms with Crippen LogP contribution >= 0.6 is 0 Å². The number of rotatable bonds is 11. The van der Waals surface area contributed by atoms with Gasteiger partial charge in [0.05, 0.1) is 30.9 Å². The Kier molecular flexibility index (Phi) is 10.2. The first-order chi connectivity index (χ1) is 19.0. The van der Waals surface area contributed by atoms with E-state index >= 15 is 0 Å². The number of pyridine rings is 2. The molecule has 3 heterocycles. The highest BCUT2D eigenvalue weighted by atomic mass is 19.1. The van der Waals surface area contributed by atoms with Crippen LogP contribution in [0.15, 0.2) is 47.5 Å². The highest BCUT2D eigenvalue weighted by Gasteiger charge is 2.22. The number of likely N-dealkylation sites (N-methyl/N-ethyl adjacent to an activating group) is 1. The van der Waals surface area contributed by atoms with E-state index in [1.54, 1.807) is 38.5 Å². The number of halogens is 1. The van der Waals surface area contributed by atoms with Gasteiger partial charge in [-0.25, -0.2) is 9.18 Å². The number of ether oxygens (including phenoxy) is 1. The molecule has 11 nitrogen and oxygen atoms in total. The van der Waals surface area contributed by atoms with Gasteiger partial charge in [-0.05, 0) is 49.5 Å². The van der Waals surface area contributed by atoms with Gasteiger partial charge in [0.2, 0.25) is 11.8 Å². The Labute approximate surface area is 231 Å². The maximum Gasteiger partial charge on any atom is 0.407 e. The van der Waals surface area contributed by atoms with Gasteiger partial charge in [0.15, 0.2) is 0 Å². The Balaban J connectivity index is 1.78. The summed E-state index contributed by atoms with van der Waals surface area (Å²) in [5.41, 5.74) is 1.94. The summed E-state index contributed by atoms with van der Waals surface area (Å²) in [6.07, 6.45) is 5.96. The number of H-pyrrole nitrogens is 1. The Bertz CT molecular complexity index is 1460. The van der Waals surface area contributed by atoms with Crippen LogP contribution in [0.4, 0.5) is 14.9 Å². The molecule has 40 heavy (non-hydrogen) atoms. The SMILES string of the molecule is COC(=O)NC(CC/C=C/C(=O)N(C)C)C(=O)Nc1cccn(Cc2cc3ncc(F)c(CC(C)C)c3[nH]2)c1=O. The van der Waals surface area contributed by atoms with Crippen molar-refractivity contribution in [3.63, 3.8) is 0 Å². The van der Waals surface area contributed by atoms with E-state index in [-0.39, 0.29) is 36.3 Å². The van der Waals surface area contributed by atoms with Gasteiger partial charge in [-0.1, -0.05) is 19.9 Å². The van der Waals surface area contributed by atoms with Gasteiger partial charge in [0.1, 0.15) is 17.5 Å². The number of nitrogens with zero attached hydrogens (tertiary/aromatic N) is 3. The largest absolute Gasteiger partial charge is 0.453 e. The number of hydrogen-bond acceptors (Lipinski definition) is 6. The second-order valence-corrected chi connectivity index (χ2v) is 9.98. The molecule has 0 saturated carbocycles. The van der Waals surface area contributed by atoms with Crippen molar-refractivity contribution in [3.05, 3.63) is 70.2 Å². The zero-order valence-electron chi connectivity index (χ0n) is 23.3. The summed E-state index contributed by atoms with van der Waals surface area (Å²) in [4.78, 5) is 58.5. The molecule has 0 spiro atoms. The van der Waals surface area contributed by atoms with Gasteiger partial charge in [0, 0.05) is 31.5 Å². The molecule has 0 saturated heterocycles. The number of alkyl carbamates (subject to hydrolysis) is 1. The minimum atomic E-state index is -1.02. The number of amides is 3. The zero-order chi connectivity index (χ0) is 29.4. The number of carbonyl (C=O) groups excluding carboxylic acids is 3. The van der Waals surface area contributed by atoms with Gasteiger partial charge in [-0.3, -0.25) is 19.4 Å². The number of anilines is 1. The number of allylic oxidation sites excluding steroid dienone is 1. The molecule has 0 aliphatic rings. The molecule has 3 rings (SSSR count). The number of hydrogen-bond donors (Lipinski definition) is 3. The monoisotopic (exact) mass is 554 g/mol. The third-order valence-electron chi connectivity index (χ3n) is 6.11. The third-order valence-corrected chi connectivity index (χ3v) is 6.11. The second kappa shape index (κ2) is 13.5. The summed E-state index contributed by atoms with van der Waals surface area (Å²) in [6, 6.07) is 3.82. The number of nitrogens with one attached hydrogen (secondary N) is 3. The van der Waals surface area contributed by atoms with Crippen molar-refractivity contribution in [1.82, 2.24) is 24.8 Å². The molecule has 0 fully saturated rings. The van der Waals surface area contributed by atoms with E-state index in [0.717, 1.165) is 0 Å². The molecule has 12 heteroatoms. The number of aromatic amines is 1. The summed E-state index contributed by atoms with van der Waals surface area (Å²) in [5.74, 6) is -0.967. The van der Waals surface area contributed by atoms with Crippen LogP contribution in [0.25, 0.3) is 11.0 Å². The summed E-state index contributed by atoms with van der Waals surface area (Å²) >= 11 is 0. The average molecular weight is 555 g/mol. The third kappa shape index (κ3) is 7.78. The van der Waals surface area contributed by atoms with Gasteiger partial charge in [0.25, 0.3) is 5.56 Å². The van der Waals surface area contributed by atoms with Crippen LogP contribution in [0.5, 0.6) is 0 Å². The first-order valence-corrected chi connectivity index (χ1v) is 12.9. The zero-order valence-corrected chi connectivity index (χ0v) is 23.3. The molecular formula is C28H35FN6O5. The molecule has 3 aromatic heterocycles. The van der Waals surface area contributed by atoms with Crippen LogP contribution in [0, 0.1) is 11.7 Å². The topological polar surface area (TPSA) is 138 Å². The van der Waals surface area contributed by atoms with Crippen molar-refractivity contribution in [2.75, 3.05) is 26.5 Å². The minimum Gasteiger partial charge on any atom is -0.453 e. The number of methoxy groups -OCH3 is 1. The fourth-order valence-electron chi connectivity index (χ4n) is 4.07. The molecule has 0 aliphatic heterocycles. The van der Waals surface area contributed by atoms with Crippen LogP contribution in [-0.4, -0.2) is 64.6 Å². The molecule has 3 aromatic rings. The van der Waals surface area contributed by atoms with Crippen LogP contribution in [0.2, 0.25) is 0 Å². The van der Waals surface area contributed by atoms with E-state index in [1.807, 2.05) is 13.8 Å². The predicted molar refractivity (Wildman–Crippen MR) is 149 cm³/mol. The highest BCUT2D eigenvalue weighted by molar-refractivity contribution is 5.96. The second-order valence-electron chi connectivity index (χ2n) is 9.98. The Morgan fingerprint density at radius 1 is 1.27 bits per heavy atom. The maximum atomic E-state index is 14.5. The molecule has 3 N–H and O–H groups in total. The number of aromatic nitrogens is 3. The maximum absolute atomic E-state index is 14.5. The lowest BCUT2D eigenvalue weighted by atomic mass is 10.0. The summed E-state index contributed by atoms with van der Waals surface area (Å²) in [7, 11) is 4.41. The first-order valence-electron chi connectivity index (χ1n) is 12.9. The van der Waals surface area contributed by atoms with E-state index in [4.69, 9.17) is 0 Å². The Morgan fingerprint density at radius 2 is 2.02 bits per heavy atom. The smallest absolute Gasteiger partial charge is 0.407 e. The van der Waals surface area contributed by atoms with E-state index in [9.17, 15) is 23.6 Å². The van der Waals surface area contributed by atoms with E-state index in [1.165, 1.54) is 34.9 Å². The summed E-state index contributed by atoms with van der Waals surface area (Å²) < 4.78 is 20.5. The van der Waals surface area contributed by atoms with Gasteiger partial charge >= 0.3 is 6.09 Å². The highest BCUT2D eigenvalue weighted by Crippen LogP contribution is 2.23. The molecule has 0 aliphatic carbocycles. The van der Waals surface area contributed by atoms with Crippen LogP contribution in [0.1, 0.15) is 37.9 Å². The normalized spacial score (nSPS) is 12.1. The molecule has 214 valence electrons. The number of carbonyl (C=O) groups is 3.